The average molecular weight is 419 g/mol. The first-order valence-electron chi connectivity index (χ1n) is 9.60. The molecule has 0 unspecified atom stereocenters. The van der Waals surface area contributed by atoms with Crippen LogP contribution < -0.4 is 14.8 Å². The lowest BCUT2D eigenvalue weighted by molar-refractivity contribution is -0.118. The topological polar surface area (TPSA) is 84.5 Å². The van der Waals surface area contributed by atoms with E-state index in [1.54, 1.807) is 19.1 Å². The molecule has 2 aromatic rings. The third-order valence-corrected chi connectivity index (χ3v) is 5.86. The molecule has 0 heterocycles. The number of sulfonamides is 1. The second-order valence-corrected chi connectivity index (χ2v) is 9.55. The highest BCUT2D eigenvalue weighted by Crippen LogP contribution is 2.23. The predicted molar refractivity (Wildman–Crippen MR) is 116 cm³/mol. The van der Waals surface area contributed by atoms with Crippen LogP contribution in [-0.4, -0.2) is 27.5 Å². The van der Waals surface area contributed by atoms with E-state index in [9.17, 15) is 13.2 Å². The molecule has 7 heteroatoms. The molecule has 0 aliphatic heterocycles. The number of carbonyl (C=O) groups is 1. The summed E-state index contributed by atoms with van der Waals surface area (Å²) < 4.78 is 32.9. The molecule has 0 aromatic heterocycles. The molecule has 0 fully saturated rings. The number of ether oxygens (including phenoxy) is 1. The first-order chi connectivity index (χ1) is 13.5. The predicted octanol–water partition coefficient (Wildman–Crippen LogP) is 3.87. The minimum absolute atomic E-state index is 0.161. The molecule has 2 N–H and O–H groups in total. The second-order valence-electron chi connectivity index (χ2n) is 7.78. The average Bonchev–Trinajstić information content (AvgIpc) is 2.62. The van der Waals surface area contributed by atoms with Crippen LogP contribution in [-0.2, 0) is 14.8 Å². The van der Waals surface area contributed by atoms with E-state index in [0.717, 1.165) is 22.4 Å². The Kier molecular flexibility index (Phi) is 7.43. The Balaban J connectivity index is 2.03. The Morgan fingerprint density at radius 1 is 1.00 bits per heavy atom. The van der Waals surface area contributed by atoms with Gasteiger partial charge in [0, 0.05) is 12.2 Å². The summed E-state index contributed by atoms with van der Waals surface area (Å²) in [5.74, 6) is 0.419. The zero-order valence-electron chi connectivity index (χ0n) is 17.9. The van der Waals surface area contributed by atoms with Crippen LogP contribution in [0.15, 0.2) is 35.2 Å². The summed E-state index contributed by atoms with van der Waals surface area (Å²) in [6.45, 7) is 11.8. The number of anilines is 1. The van der Waals surface area contributed by atoms with Gasteiger partial charge in [0.15, 0.2) is 6.61 Å². The van der Waals surface area contributed by atoms with E-state index < -0.39 is 10.0 Å². The Labute approximate surface area is 173 Å². The van der Waals surface area contributed by atoms with Crippen LogP contribution in [0.1, 0.15) is 36.1 Å². The highest BCUT2D eigenvalue weighted by Gasteiger charge is 2.16. The van der Waals surface area contributed by atoms with Gasteiger partial charge in [-0.15, -0.1) is 0 Å². The standard InChI is InChI=1S/C22H30N2O4S/c1-14(2)12-23-29(26,27)19-7-8-20(16(4)11-19)28-13-21(25)24-22-17(5)9-15(3)10-18(22)6/h7-11,14,23H,12-13H2,1-6H3,(H,24,25). The molecule has 0 radical (unpaired) electrons. The fraction of sp³-hybridized carbons (Fsp3) is 0.409. The van der Waals surface area contributed by atoms with Crippen molar-refractivity contribution in [3.8, 4) is 5.75 Å². The molecule has 6 nitrogen and oxygen atoms in total. The number of hydrogen-bond acceptors (Lipinski definition) is 4. The van der Waals surface area contributed by atoms with E-state index in [0.29, 0.717) is 17.9 Å². The maximum Gasteiger partial charge on any atom is 0.262 e. The lowest BCUT2D eigenvalue weighted by atomic mass is 10.1. The summed E-state index contributed by atoms with van der Waals surface area (Å²) in [6.07, 6.45) is 0. The van der Waals surface area contributed by atoms with Crippen molar-refractivity contribution in [2.45, 2.75) is 46.4 Å². The summed E-state index contributed by atoms with van der Waals surface area (Å²) in [5, 5.41) is 2.89. The quantitative estimate of drug-likeness (QED) is 0.681. The van der Waals surface area contributed by atoms with Gasteiger partial charge in [-0.25, -0.2) is 13.1 Å². The minimum Gasteiger partial charge on any atom is -0.483 e. The Bertz CT molecular complexity index is 975. The number of hydrogen-bond donors (Lipinski definition) is 2. The van der Waals surface area contributed by atoms with Crippen molar-refractivity contribution in [1.29, 1.82) is 0 Å². The third kappa shape index (κ3) is 6.30. The van der Waals surface area contributed by atoms with Gasteiger partial charge in [0.25, 0.3) is 5.91 Å². The summed E-state index contributed by atoms with van der Waals surface area (Å²) in [7, 11) is -3.56. The summed E-state index contributed by atoms with van der Waals surface area (Å²) in [4.78, 5) is 12.5. The number of benzene rings is 2. The molecule has 0 aliphatic carbocycles. The number of aryl methyl sites for hydroxylation is 4. The molecule has 2 aromatic carbocycles. The maximum absolute atomic E-state index is 12.3. The highest BCUT2D eigenvalue weighted by molar-refractivity contribution is 7.89. The second kappa shape index (κ2) is 9.41. The largest absolute Gasteiger partial charge is 0.483 e. The van der Waals surface area contributed by atoms with Crippen molar-refractivity contribution in [1.82, 2.24) is 4.72 Å². The van der Waals surface area contributed by atoms with Crippen molar-refractivity contribution in [2.75, 3.05) is 18.5 Å². The molecule has 0 saturated carbocycles. The van der Waals surface area contributed by atoms with Gasteiger partial charge < -0.3 is 10.1 Å². The third-order valence-electron chi connectivity index (χ3n) is 4.44. The molecular weight excluding hydrogens is 388 g/mol. The van der Waals surface area contributed by atoms with Gasteiger partial charge in [0.1, 0.15) is 5.75 Å². The smallest absolute Gasteiger partial charge is 0.262 e. The fourth-order valence-electron chi connectivity index (χ4n) is 3.01. The summed E-state index contributed by atoms with van der Waals surface area (Å²) in [6, 6.07) is 8.64. The SMILES string of the molecule is Cc1cc(C)c(NC(=O)COc2ccc(S(=O)(=O)NCC(C)C)cc2C)c(C)c1. The van der Waals surface area contributed by atoms with Crippen LogP contribution in [0.2, 0.25) is 0 Å². The molecule has 158 valence electrons. The Morgan fingerprint density at radius 2 is 1.62 bits per heavy atom. The van der Waals surface area contributed by atoms with Crippen LogP contribution in [0.4, 0.5) is 5.69 Å². The van der Waals surface area contributed by atoms with Crippen LogP contribution in [0.3, 0.4) is 0 Å². The Morgan fingerprint density at radius 3 is 2.17 bits per heavy atom. The molecule has 2 rings (SSSR count). The van der Waals surface area contributed by atoms with Crippen molar-refractivity contribution in [2.24, 2.45) is 5.92 Å². The van der Waals surface area contributed by atoms with Gasteiger partial charge in [-0.3, -0.25) is 4.79 Å². The first kappa shape index (κ1) is 22.9. The zero-order valence-corrected chi connectivity index (χ0v) is 18.7. The summed E-state index contributed by atoms with van der Waals surface area (Å²) >= 11 is 0. The molecule has 0 aliphatic rings. The molecule has 0 saturated heterocycles. The van der Waals surface area contributed by atoms with Gasteiger partial charge >= 0.3 is 0 Å². The van der Waals surface area contributed by atoms with Crippen LogP contribution in [0.5, 0.6) is 5.75 Å². The number of amides is 1. The number of rotatable bonds is 8. The lowest BCUT2D eigenvalue weighted by Gasteiger charge is -2.14. The van der Waals surface area contributed by atoms with E-state index in [-0.39, 0.29) is 23.3 Å². The lowest BCUT2D eigenvalue weighted by Crippen LogP contribution is -2.27. The van der Waals surface area contributed by atoms with Gasteiger partial charge in [-0.2, -0.15) is 0 Å². The van der Waals surface area contributed by atoms with Crippen molar-refractivity contribution in [3.05, 3.63) is 52.6 Å². The minimum atomic E-state index is -3.56. The van der Waals surface area contributed by atoms with Crippen LogP contribution in [0.25, 0.3) is 0 Å². The molecule has 0 atom stereocenters. The van der Waals surface area contributed by atoms with E-state index in [2.05, 4.69) is 10.0 Å². The first-order valence-corrected chi connectivity index (χ1v) is 11.1. The maximum atomic E-state index is 12.3. The zero-order chi connectivity index (χ0) is 21.8. The molecule has 0 spiro atoms. The van der Waals surface area contributed by atoms with E-state index in [1.807, 2.05) is 46.8 Å². The van der Waals surface area contributed by atoms with E-state index in [4.69, 9.17) is 4.74 Å². The van der Waals surface area contributed by atoms with Gasteiger partial charge in [0.05, 0.1) is 4.90 Å². The number of carbonyl (C=O) groups excluding carboxylic acids is 1. The summed E-state index contributed by atoms with van der Waals surface area (Å²) in [5.41, 5.74) is 4.57. The van der Waals surface area contributed by atoms with Crippen molar-refractivity contribution in [3.63, 3.8) is 0 Å². The highest BCUT2D eigenvalue weighted by atomic mass is 32.2. The van der Waals surface area contributed by atoms with Crippen LogP contribution in [0, 0.1) is 33.6 Å². The van der Waals surface area contributed by atoms with Crippen molar-refractivity contribution >= 4 is 21.6 Å². The van der Waals surface area contributed by atoms with Crippen LogP contribution >= 0.6 is 0 Å². The number of nitrogens with one attached hydrogen (secondary N) is 2. The molecule has 29 heavy (non-hydrogen) atoms. The monoisotopic (exact) mass is 418 g/mol. The molecule has 0 bridgehead atoms. The van der Waals surface area contributed by atoms with Gasteiger partial charge in [0.2, 0.25) is 10.0 Å². The molecular formula is C22H30N2O4S. The van der Waals surface area contributed by atoms with E-state index in [1.165, 1.54) is 6.07 Å². The van der Waals surface area contributed by atoms with Gasteiger partial charge in [-0.1, -0.05) is 31.5 Å². The normalized spacial score (nSPS) is 11.6. The fourth-order valence-corrected chi connectivity index (χ4v) is 4.31. The van der Waals surface area contributed by atoms with E-state index >= 15 is 0 Å². The molecule has 1 amide bonds. The van der Waals surface area contributed by atoms with Gasteiger partial charge in [-0.05, 0) is 68.5 Å². The van der Waals surface area contributed by atoms with Crippen molar-refractivity contribution < 1.29 is 17.9 Å². The Hall–Kier alpha value is -2.38.